The first-order valence-electron chi connectivity index (χ1n) is 9.00. The van der Waals surface area contributed by atoms with E-state index in [9.17, 15) is 4.79 Å². The maximum absolute atomic E-state index is 11.7. The number of carbonyl (C=O) groups is 1. The van der Waals surface area contributed by atoms with Gasteiger partial charge < -0.3 is 14.6 Å². The molecule has 1 rings (SSSR count). The van der Waals surface area contributed by atoms with E-state index in [0.29, 0.717) is 0 Å². The van der Waals surface area contributed by atoms with Gasteiger partial charge >= 0.3 is 0 Å². The van der Waals surface area contributed by atoms with E-state index in [0.717, 1.165) is 51.5 Å². The zero-order valence-corrected chi connectivity index (χ0v) is 14.7. The van der Waals surface area contributed by atoms with Crippen LogP contribution in [0.4, 0.5) is 0 Å². The van der Waals surface area contributed by atoms with Gasteiger partial charge in [0.15, 0.2) is 0 Å². The van der Waals surface area contributed by atoms with Crippen molar-refractivity contribution in [1.29, 1.82) is 0 Å². The summed E-state index contributed by atoms with van der Waals surface area (Å²) in [6, 6.07) is 0. The van der Waals surface area contributed by atoms with Crippen molar-refractivity contribution in [3.8, 4) is 0 Å². The molecule has 0 spiro atoms. The minimum absolute atomic E-state index is 0.0578. The second kappa shape index (κ2) is 9.58. The number of rotatable bonds is 10. The molecule has 1 aliphatic carbocycles. The predicted molar refractivity (Wildman–Crippen MR) is 90.6 cm³/mol. The Balaban J connectivity index is 2.42. The zero-order chi connectivity index (χ0) is 15.7. The van der Waals surface area contributed by atoms with E-state index in [-0.39, 0.29) is 5.41 Å². The van der Waals surface area contributed by atoms with Crippen molar-refractivity contribution in [2.75, 3.05) is 39.3 Å². The number of carbonyl (C=O) groups excluding carboxylic acids is 1. The summed E-state index contributed by atoms with van der Waals surface area (Å²) < 4.78 is 0. The molecule has 0 amide bonds. The quantitative estimate of drug-likeness (QED) is 0.577. The van der Waals surface area contributed by atoms with Crippen LogP contribution in [0.5, 0.6) is 0 Å². The second-order valence-corrected chi connectivity index (χ2v) is 6.91. The fourth-order valence-electron chi connectivity index (χ4n) is 3.50. The maximum atomic E-state index is 11.7. The molecule has 3 nitrogen and oxygen atoms in total. The van der Waals surface area contributed by atoms with Crippen LogP contribution in [-0.2, 0) is 4.79 Å². The van der Waals surface area contributed by atoms with Crippen LogP contribution in [0.1, 0.15) is 59.8 Å². The van der Waals surface area contributed by atoms with Crippen molar-refractivity contribution in [2.24, 2.45) is 11.3 Å². The molecular formula is C18H36N2O. The Kier molecular flexibility index (Phi) is 8.50. The van der Waals surface area contributed by atoms with Crippen LogP contribution in [0.25, 0.3) is 0 Å². The molecule has 0 aliphatic heterocycles. The lowest BCUT2D eigenvalue weighted by Crippen LogP contribution is -2.42. The number of nitrogens with zero attached hydrogens (tertiary/aromatic N) is 2. The number of hydrogen-bond acceptors (Lipinski definition) is 3. The standard InChI is InChI=1S/C18H36N2O/c1-5-19(6-2)13-8-14-20(7-3)15-18(16-21)11-9-17(4)10-12-18/h16-17H,5-15H2,1-4H3. The first-order valence-corrected chi connectivity index (χ1v) is 9.00. The smallest absolute Gasteiger partial charge is 0.127 e. The van der Waals surface area contributed by atoms with E-state index in [1.165, 1.54) is 32.1 Å². The molecule has 1 fully saturated rings. The molecule has 1 saturated carbocycles. The molecule has 3 heteroatoms. The lowest BCUT2D eigenvalue weighted by molar-refractivity contribution is -0.119. The highest BCUT2D eigenvalue weighted by atomic mass is 16.1. The molecule has 0 N–H and O–H groups in total. The second-order valence-electron chi connectivity index (χ2n) is 6.91. The molecule has 0 bridgehead atoms. The van der Waals surface area contributed by atoms with E-state index >= 15 is 0 Å². The van der Waals surface area contributed by atoms with Crippen molar-refractivity contribution in [1.82, 2.24) is 9.80 Å². The van der Waals surface area contributed by atoms with Crippen molar-refractivity contribution in [3.05, 3.63) is 0 Å². The predicted octanol–water partition coefficient (Wildman–Crippen LogP) is 3.44. The number of hydrogen-bond donors (Lipinski definition) is 0. The van der Waals surface area contributed by atoms with Crippen LogP contribution in [0.2, 0.25) is 0 Å². The molecule has 0 atom stereocenters. The molecule has 0 radical (unpaired) electrons. The van der Waals surface area contributed by atoms with Gasteiger partial charge in [-0.3, -0.25) is 0 Å². The average molecular weight is 296 g/mol. The fraction of sp³-hybridized carbons (Fsp3) is 0.944. The third kappa shape index (κ3) is 6.07. The van der Waals surface area contributed by atoms with Gasteiger partial charge in [-0.15, -0.1) is 0 Å². The van der Waals surface area contributed by atoms with Crippen LogP contribution in [-0.4, -0.2) is 55.4 Å². The van der Waals surface area contributed by atoms with Crippen molar-refractivity contribution >= 4 is 6.29 Å². The van der Waals surface area contributed by atoms with Gasteiger partial charge in [0.25, 0.3) is 0 Å². The third-order valence-corrected chi connectivity index (χ3v) is 5.35. The summed E-state index contributed by atoms with van der Waals surface area (Å²) in [5, 5.41) is 0. The Hall–Kier alpha value is -0.410. The molecule has 0 heterocycles. The van der Waals surface area contributed by atoms with Gasteiger partial charge in [0.05, 0.1) is 0 Å². The van der Waals surface area contributed by atoms with Gasteiger partial charge in [0.1, 0.15) is 6.29 Å². The highest BCUT2D eigenvalue weighted by Gasteiger charge is 2.35. The molecule has 1 aliphatic rings. The van der Waals surface area contributed by atoms with Gasteiger partial charge in [0.2, 0.25) is 0 Å². The minimum atomic E-state index is -0.0578. The van der Waals surface area contributed by atoms with Gasteiger partial charge in [0, 0.05) is 12.0 Å². The van der Waals surface area contributed by atoms with Crippen LogP contribution in [0.15, 0.2) is 0 Å². The van der Waals surface area contributed by atoms with Crippen molar-refractivity contribution in [2.45, 2.75) is 59.8 Å². The minimum Gasteiger partial charge on any atom is -0.304 e. The maximum Gasteiger partial charge on any atom is 0.127 e. The first kappa shape index (κ1) is 18.6. The topological polar surface area (TPSA) is 23.6 Å². The Labute approximate surface area is 132 Å². The third-order valence-electron chi connectivity index (χ3n) is 5.35. The Morgan fingerprint density at radius 3 is 2.00 bits per heavy atom. The lowest BCUT2D eigenvalue weighted by Gasteiger charge is -2.38. The number of aldehydes is 1. The molecule has 21 heavy (non-hydrogen) atoms. The van der Waals surface area contributed by atoms with Crippen molar-refractivity contribution in [3.63, 3.8) is 0 Å². The first-order chi connectivity index (χ1) is 10.1. The molecule has 0 saturated heterocycles. The molecule has 0 unspecified atom stereocenters. The summed E-state index contributed by atoms with van der Waals surface area (Å²) in [4.78, 5) is 16.7. The summed E-state index contributed by atoms with van der Waals surface area (Å²) in [6.45, 7) is 15.6. The summed E-state index contributed by atoms with van der Waals surface area (Å²) in [7, 11) is 0. The van der Waals surface area contributed by atoms with E-state index in [4.69, 9.17) is 0 Å². The monoisotopic (exact) mass is 296 g/mol. The van der Waals surface area contributed by atoms with E-state index in [1.54, 1.807) is 0 Å². The van der Waals surface area contributed by atoms with Crippen LogP contribution >= 0.6 is 0 Å². The van der Waals surface area contributed by atoms with Crippen molar-refractivity contribution < 1.29 is 4.79 Å². The SMILES string of the molecule is CCN(CC)CCCN(CC)CC1(C=O)CCC(C)CC1. The van der Waals surface area contributed by atoms with Gasteiger partial charge in [-0.25, -0.2) is 0 Å². The van der Waals surface area contributed by atoms with Crippen LogP contribution < -0.4 is 0 Å². The highest BCUT2D eigenvalue weighted by Crippen LogP contribution is 2.37. The van der Waals surface area contributed by atoms with E-state index in [2.05, 4.69) is 37.5 Å². The van der Waals surface area contributed by atoms with Gasteiger partial charge in [-0.1, -0.05) is 27.7 Å². The summed E-state index contributed by atoms with van der Waals surface area (Å²) in [5.74, 6) is 0.802. The van der Waals surface area contributed by atoms with Gasteiger partial charge in [-0.2, -0.15) is 0 Å². The molecule has 124 valence electrons. The normalized spacial score (nSPS) is 26.5. The molecular weight excluding hydrogens is 260 g/mol. The largest absolute Gasteiger partial charge is 0.304 e. The molecule has 0 aromatic heterocycles. The van der Waals surface area contributed by atoms with Crippen LogP contribution in [0, 0.1) is 11.3 Å². The molecule has 0 aromatic rings. The molecule has 0 aromatic carbocycles. The van der Waals surface area contributed by atoms with Crippen LogP contribution in [0.3, 0.4) is 0 Å². The average Bonchev–Trinajstić information content (AvgIpc) is 2.52. The fourth-order valence-corrected chi connectivity index (χ4v) is 3.50. The Morgan fingerprint density at radius 2 is 1.52 bits per heavy atom. The zero-order valence-electron chi connectivity index (χ0n) is 14.7. The lowest BCUT2D eigenvalue weighted by atomic mass is 9.71. The Morgan fingerprint density at radius 1 is 1.00 bits per heavy atom. The van der Waals surface area contributed by atoms with E-state index in [1.807, 2.05) is 0 Å². The summed E-state index contributed by atoms with van der Waals surface area (Å²) in [6.07, 6.45) is 7.09. The summed E-state index contributed by atoms with van der Waals surface area (Å²) in [5.41, 5.74) is -0.0578. The highest BCUT2D eigenvalue weighted by molar-refractivity contribution is 5.60. The summed E-state index contributed by atoms with van der Waals surface area (Å²) >= 11 is 0. The van der Waals surface area contributed by atoms with E-state index < -0.39 is 0 Å². The van der Waals surface area contributed by atoms with Gasteiger partial charge in [-0.05, 0) is 70.7 Å². The Bertz CT molecular complexity index is 281.